The molecule has 0 unspecified atom stereocenters. The molecule has 0 saturated carbocycles. The van der Waals surface area contributed by atoms with Crippen LogP contribution in [0.2, 0.25) is 0 Å². The van der Waals surface area contributed by atoms with Crippen LogP contribution in [0.5, 0.6) is 0 Å². The number of hydrogen-bond donors (Lipinski definition) is 1. The van der Waals surface area contributed by atoms with Crippen LogP contribution in [0.3, 0.4) is 0 Å². The van der Waals surface area contributed by atoms with Gasteiger partial charge in [0.05, 0.1) is 6.54 Å². The first-order valence-corrected chi connectivity index (χ1v) is 6.90. The van der Waals surface area contributed by atoms with Crippen LogP contribution in [0.1, 0.15) is 12.8 Å². The van der Waals surface area contributed by atoms with Crippen LogP contribution in [0.4, 0.5) is 5.69 Å². The second-order valence-electron chi connectivity index (χ2n) is 5.30. The van der Waals surface area contributed by atoms with Crippen LogP contribution in [0.25, 0.3) is 0 Å². The third-order valence-corrected chi connectivity index (χ3v) is 3.77. The van der Waals surface area contributed by atoms with Gasteiger partial charge in [-0.05, 0) is 39.1 Å². The van der Waals surface area contributed by atoms with Crippen molar-refractivity contribution in [1.82, 2.24) is 9.80 Å². The van der Waals surface area contributed by atoms with Crippen molar-refractivity contribution in [3.05, 3.63) is 30.3 Å². The van der Waals surface area contributed by atoms with Gasteiger partial charge >= 0.3 is 0 Å². The average Bonchev–Trinajstić information content (AvgIpc) is 2.46. The largest absolute Gasteiger partial charge is 0.376 e. The number of anilines is 1. The lowest BCUT2D eigenvalue weighted by Gasteiger charge is -2.35. The SMILES string of the molecule is CN(C)C1CCN(C(=O)CNc2ccccc2)CC1.Cl.Cl. The van der Waals surface area contributed by atoms with Gasteiger partial charge in [-0.25, -0.2) is 0 Å². The standard InChI is InChI=1S/C15H23N3O.2ClH/c1-17(2)14-8-10-18(11-9-14)15(19)12-16-13-6-4-3-5-7-13;;/h3-7,14,16H,8-12H2,1-2H3;2*1H. The molecule has 0 aromatic heterocycles. The second kappa shape index (κ2) is 9.87. The molecule has 1 fully saturated rings. The Morgan fingerprint density at radius 2 is 1.76 bits per heavy atom. The summed E-state index contributed by atoms with van der Waals surface area (Å²) in [7, 11) is 4.22. The maximum absolute atomic E-state index is 12.1. The van der Waals surface area contributed by atoms with Crippen LogP contribution in [-0.4, -0.2) is 55.5 Å². The Hall–Kier alpha value is -0.970. The number of carbonyl (C=O) groups is 1. The molecule has 4 nitrogen and oxygen atoms in total. The number of carbonyl (C=O) groups excluding carboxylic acids is 1. The van der Waals surface area contributed by atoms with Crippen LogP contribution >= 0.6 is 24.8 Å². The molecule has 1 N–H and O–H groups in total. The summed E-state index contributed by atoms with van der Waals surface area (Å²) < 4.78 is 0. The lowest BCUT2D eigenvalue weighted by atomic mass is 10.0. The second-order valence-corrected chi connectivity index (χ2v) is 5.30. The van der Waals surface area contributed by atoms with Crippen molar-refractivity contribution in [3.63, 3.8) is 0 Å². The van der Waals surface area contributed by atoms with Gasteiger partial charge in [0.1, 0.15) is 0 Å². The molecule has 120 valence electrons. The van der Waals surface area contributed by atoms with E-state index in [2.05, 4.69) is 24.3 Å². The summed E-state index contributed by atoms with van der Waals surface area (Å²) in [6.07, 6.45) is 2.15. The van der Waals surface area contributed by atoms with Crippen LogP contribution in [0, 0.1) is 0 Å². The van der Waals surface area contributed by atoms with Gasteiger partial charge in [0.25, 0.3) is 0 Å². The molecule has 0 atom stereocenters. The molecule has 0 spiro atoms. The Bertz CT molecular complexity index is 407. The molecule has 1 amide bonds. The monoisotopic (exact) mass is 333 g/mol. The Morgan fingerprint density at radius 1 is 1.19 bits per heavy atom. The average molecular weight is 334 g/mol. The molecule has 1 saturated heterocycles. The molecule has 1 aromatic carbocycles. The minimum Gasteiger partial charge on any atom is -0.376 e. The van der Waals surface area contributed by atoms with E-state index in [4.69, 9.17) is 0 Å². The maximum atomic E-state index is 12.1. The van der Waals surface area contributed by atoms with E-state index in [-0.39, 0.29) is 30.7 Å². The first-order valence-electron chi connectivity index (χ1n) is 6.90. The fraction of sp³-hybridized carbons (Fsp3) is 0.533. The number of nitrogens with one attached hydrogen (secondary N) is 1. The Balaban J connectivity index is 0.00000200. The number of nitrogens with zero attached hydrogens (tertiary/aromatic N) is 2. The number of hydrogen-bond acceptors (Lipinski definition) is 3. The van der Waals surface area contributed by atoms with Crippen molar-refractivity contribution in [3.8, 4) is 0 Å². The zero-order chi connectivity index (χ0) is 13.7. The van der Waals surface area contributed by atoms with Crippen molar-refractivity contribution in [2.24, 2.45) is 0 Å². The molecule has 1 aliphatic heterocycles. The minimum absolute atomic E-state index is 0. The number of rotatable bonds is 4. The molecule has 21 heavy (non-hydrogen) atoms. The van der Waals surface area contributed by atoms with E-state index >= 15 is 0 Å². The first kappa shape index (κ1) is 20.0. The summed E-state index contributed by atoms with van der Waals surface area (Å²) in [6, 6.07) is 10.5. The summed E-state index contributed by atoms with van der Waals surface area (Å²) in [5.41, 5.74) is 0.999. The van der Waals surface area contributed by atoms with E-state index in [1.54, 1.807) is 0 Å². The van der Waals surface area contributed by atoms with Gasteiger partial charge in [-0.15, -0.1) is 24.8 Å². The smallest absolute Gasteiger partial charge is 0.241 e. The molecular formula is C15H25Cl2N3O. The maximum Gasteiger partial charge on any atom is 0.241 e. The summed E-state index contributed by atoms with van der Waals surface area (Å²) >= 11 is 0. The van der Waals surface area contributed by atoms with Gasteiger partial charge in [-0.2, -0.15) is 0 Å². The topological polar surface area (TPSA) is 35.6 Å². The highest BCUT2D eigenvalue weighted by Crippen LogP contribution is 2.14. The van der Waals surface area contributed by atoms with Crippen LogP contribution in [-0.2, 0) is 4.79 Å². The number of likely N-dealkylation sites (tertiary alicyclic amines) is 1. The fourth-order valence-corrected chi connectivity index (χ4v) is 2.48. The minimum atomic E-state index is 0. The van der Waals surface area contributed by atoms with E-state index in [1.807, 2.05) is 35.2 Å². The van der Waals surface area contributed by atoms with Gasteiger partial charge in [-0.1, -0.05) is 18.2 Å². The van der Waals surface area contributed by atoms with Crippen molar-refractivity contribution >= 4 is 36.4 Å². The zero-order valence-corrected chi connectivity index (χ0v) is 14.3. The van der Waals surface area contributed by atoms with Gasteiger partial charge in [0.15, 0.2) is 0 Å². The van der Waals surface area contributed by atoms with Crippen molar-refractivity contribution in [2.45, 2.75) is 18.9 Å². The lowest BCUT2D eigenvalue weighted by molar-refractivity contribution is -0.130. The third-order valence-electron chi connectivity index (χ3n) is 3.77. The number of para-hydroxylation sites is 1. The predicted molar refractivity (Wildman–Crippen MR) is 92.7 cm³/mol. The normalized spacial score (nSPS) is 15.1. The molecule has 0 aliphatic carbocycles. The number of piperidine rings is 1. The van der Waals surface area contributed by atoms with Gasteiger partial charge < -0.3 is 15.1 Å². The van der Waals surface area contributed by atoms with Crippen molar-refractivity contribution in [1.29, 1.82) is 0 Å². The quantitative estimate of drug-likeness (QED) is 0.919. The number of benzene rings is 1. The highest BCUT2D eigenvalue weighted by molar-refractivity contribution is 5.85. The van der Waals surface area contributed by atoms with Crippen molar-refractivity contribution in [2.75, 3.05) is 39.0 Å². The summed E-state index contributed by atoms with van der Waals surface area (Å²) in [6.45, 7) is 2.13. The molecule has 1 heterocycles. The van der Waals surface area contributed by atoms with Gasteiger partial charge in [-0.3, -0.25) is 4.79 Å². The first-order chi connectivity index (χ1) is 9.16. The van der Waals surface area contributed by atoms with E-state index in [0.29, 0.717) is 12.6 Å². The van der Waals surface area contributed by atoms with E-state index in [1.165, 1.54) is 0 Å². The molecule has 6 heteroatoms. The van der Waals surface area contributed by atoms with Gasteiger partial charge in [0.2, 0.25) is 5.91 Å². The lowest BCUT2D eigenvalue weighted by Crippen LogP contribution is -2.46. The van der Waals surface area contributed by atoms with Gasteiger partial charge in [0, 0.05) is 24.8 Å². The molecule has 1 aromatic rings. The predicted octanol–water partition coefficient (Wildman–Crippen LogP) is 2.49. The summed E-state index contributed by atoms with van der Waals surface area (Å²) in [4.78, 5) is 16.3. The highest BCUT2D eigenvalue weighted by Gasteiger charge is 2.23. The molecule has 0 bridgehead atoms. The van der Waals surface area contributed by atoms with Crippen molar-refractivity contribution < 1.29 is 4.79 Å². The summed E-state index contributed by atoms with van der Waals surface area (Å²) in [5, 5.41) is 3.17. The molecule has 2 rings (SSSR count). The summed E-state index contributed by atoms with van der Waals surface area (Å²) in [5.74, 6) is 0.195. The number of halogens is 2. The molecular weight excluding hydrogens is 309 g/mol. The molecule has 0 radical (unpaired) electrons. The number of amides is 1. The van der Waals surface area contributed by atoms with E-state index in [9.17, 15) is 4.79 Å². The fourth-order valence-electron chi connectivity index (χ4n) is 2.48. The Kier molecular flexibility index (Phi) is 9.42. The Morgan fingerprint density at radius 3 is 2.29 bits per heavy atom. The molecule has 1 aliphatic rings. The highest BCUT2D eigenvalue weighted by atomic mass is 35.5. The Labute approximate surface area is 139 Å². The third kappa shape index (κ3) is 6.12. The van der Waals surface area contributed by atoms with E-state index < -0.39 is 0 Å². The zero-order valence-electron chi connectivity index (χ0n) is 12.6. The van der Waals surface area contributed by atoms with Crippen LogP contribution < -0.4 is 5.32 Å². The van der Waals surface area contributed by atoms with Crippen LogP contribution in [0.15, 0.2) is 30.3 Å². The van der Waals surface area contributed by atoms with E-state index in [0.717, 1.165) is 31.6 Å².